The fourth-order valence-electron chi connectivity index (χ4n) is 4.61. The highest BCUT2D eigenvalue weighted by atomic mass is 28.4. The summed E-state index contributed by atoms with van der Waals surface area (Å²) < 4.78 is 38.4. The lowest BCUT2D eigenvalue weighted by Gasteiger charge is -2.34. The van der Waals surface area contributed by atoms with E-state index in [9.17, 15) is 0 Å². The minimum Gasteiger partial charge on any atom is -0.370 e. The van der Waals surface area contributed by atoms with Gasteiger partial charge in [0, 0.05) is 50.0 Å². The fraction of sp³-hybridized carbons (Fsp3) is 0.462. The molecule has 0 heterocycles. The molecule has 0 aliphatic carbocycles. The lowest BCUT2D eigenvalue weighted by molar-refractivity contribution is 0.0853. The molecule has 0 atom stereocenters. The molecule has 8 heteroatoms. The molecule has 0 fully saturated rings. The summed E-state index contributed by atoms with van der Waals surface area (Å²) in [6.45, 7) is 14.8. The summed E-state index contributed by atoms with van der Waals surface area (Å²) in [6.07, 6.45) is 0. The van der Waals surface area contributed by atoms with E-state index in [1.54, 1.807) is 0 Å². The Hall–Kier alpha value is -1.63. The second-order valence-corrected chi connectivity index (χ2v) is 12.5. The Morgan fingerprint density at radius 1 is 0.412 bits per heavy atom. The molecule has 3 aromatic rings. The third-order valence-electron chi connectivity index (χ3n) is 5.55. The smallest absolute Gasteiger partial charge is 0.370 e. The zero-order chi connectivity index (χ0) is 24.6. The van der Waals surface area contributed by atoms with Gasteiger partial charge in [0.05, 0.1) is 0 Å². The van der Waals surface area contributed by atoms with E-state index >= 15 is 0 Å². The lowest BCUT2D eigenvalue weighted by Crippen LogP contribution is -2.60. The van der Waals surface area contributed by atoms with Crippen LogP contribution in [0.3, 0.4) is 0 Å². The molecule has 0 spiro atoms. The summed E-state index contributed by atoms with van der Waals surface area (Å²) in [5, 5.41) is 6.06. The van der Waals surface area contributed by atoms with Gasteiger partial charge in [0.2, 0.25) is 0 Å². The second-order valence-electron chi connectivity index (χ2n) is 7.55. The number of rotatable bonds is 14. The van der Waals surface area contributed by atoms with Crippen LogP contribution in [0, 0.1) is 0 Å². The Morgan fingerprint density at radius 3 is 0.794 bits per heavy atom. The van der Waals surface area contributed by atoms with Crippen molar-refractivity contribution in [3.8, 4) is 0 Å². The van der Waals surface area contributed by atoms with Crippen LogP contribution in [0.15, 0.2) is 48.5 Å². The van der Waals surface area contributed by atoms with Gasteiger partial charge in [-0.2, -0.15) is 0 Å². The SMILES string of the molecule is CCO[Si](OCC)(OCC)c1c2ccccc2c([Si](OCC)(OCC)OCC)c2ccccc12. The minimum absolute atomic E-state index is 0.492. The van der Waals surface area contributed by atoms with Crippen LogP contribution in [-0.2, 0) is 26.6 Å². The third kappa shape index (κ3) is 5.00. The Bertz CT molecular complexity index is 899. The first kappa shape index (κ1) is 27.0. The van der Waals surface area contributed by atoms with Crippen LogP contribution in [0.5, 0.6) is 0 Å². The molecule has 0 saturated carbocycles. The predicted octanol–water partition coefficient (Wildman–Crippen LogP) is 4.50. The highest BCUT2D eigenvalue weighted by Crippen LogP contribution is 2.29. The molecule has 0 aliphatic heterocycles. The van der Waals surface area contributed by atoms with E-state index in [1.807, 2.05) is 65.8 Å². The molecule has 0 unspecified atom stereocenters. The molecule has 6 nitrogen and oxygen atoms in total. The maximum absolute atomic E-state index is 6.39. The standard InChI is InChI=1S/C26H38O6Si2/c1-7-27-33(28-8-2,29-9-3)25-21-17-13-15-19-23(21)26(24-20-16-14-18-22(24)25)34(30-10-4,31-11-5)32-12-6/h13-20H,7-12H2,1-6H3. The topological polar surface area (TPSA) is 55.4 Å². The molecule has 3 aromatic carbocycles. The van der Waals surface area contributed by atoms with Crippen LogP contribution in [0.2, 0.25) is 0 Å². The average Bonchev–Trinajstić information content (AvgIpc) is 2.83. The highest BCUT2D eigenvalue weighted by molar-refractivity contribution is 6.84. The number of hydrogen-bond donors (Lipinski definition) is 0. The Kier molecular flexibility index (Phi) is 9.81. The molecular formula is C26H38O6Si2. The predicted molar refractivity (Wildman–Crippen MR) is 142 cm³/mol. The summed E-state index contributed by atoms with van der Waals surface area (Å²) in [4.78, 5) is 0. The van der Waals surface area contributed by atoms with Crippen molar-refractivity contribution in [1.29, 1.82) is 0 Å². The van der Waals surface area contributed by atoms with Crippen molar-refractivity contribution in [3.05, 3.63) is 48.5 Å². The van der Waals surface area contributed by atoms with Gasteiger partial charge in [-0.15, -0.1) is 0 Å². The summed E-state index contributed by atoms with van der Waals surface area (Å²) >= 11 is 0. The second kappa shape index (κ2) is 12.4. The molecule has 0 N–H and O–H groups in total. The normalized spacial score (nSPS) is 12.6. The van der Waals surface area contributed by atoms with Crippen molar-refractivity contribution >= 4 is 49.5 Å². The molecule has 34 heavy (non-hydrogen) atoms. The van der Waals surface area contributed by atoms with Crippen LogP contribution >= 0.6 is 0 Å². The van der Waals surface area contributed by atoms with E-state index < -0.39 is 17.6 Å². The number of fused-ring (bicyclic) bond motifs is 2. The van der Waals surface area contributed by atoms with Crippen molar-refractivity contribution in [2.24, 2.45) is 0 Å². The third-order valence-corrected chi connectivity index (χ3v) is 11.9. The van der Waals surface area contributed by atoms with Gasteiger partial charge in [0.1, 0.15) is 0 Å². The van der Waals surface area contributed by atoms with E-state index in [-0.39, 0.29) is 0 Å². The fourth-order valence-corrected chi connectivity index (χ4v) is 10.4. The van der Waals surface area contributed by atoms with E-state index in [1.165, 1.54) is 0 Å². The Morgan fingerprint density at radius 2 is 0.618 bits per heavy atom. The lowest BCUT2D eigenvalue weighted by atomic mass is 10.0. The van der Waals surface area contributed by atoms with Gasteiger partial charge >= 0.3 is 17.6 Å². The first-order valence-corrected chi connectivity index (χ1v) is 15.8. The van der Waals surface area contributed by atoms with Gasteiger partial charge in [0.25, 0.3) is 0 Å². The largest absolute Gasteiger partial charge is 0.538 e. The van der Waals surface area contributed by atoms with Gasteiger partial charge in [-0.3, -0.25) is 0 Å². The molecule has 0 amide bonds. The Labute approximate surface area is 205 Å². The van der Waals surface area contributed by atoms with Crippen molar-refractivity contribution in [1.82, 2.24) is 0 Å². The first-order chi connectivity index (χ1) is 16.6. The van der Waals surface area contributed by atoms with Crippen molar-refractivity contribution in [2.45, 2.75) is 41.5 Å². The number of hydrogen-bond acceptors (Lipinski definition) is 6. The molecule has 0 aromatic heterocycles. The van der Waals surface area contributed by atoms with Gasteiger partial charge in [0.15, 0.2) is 0 Å². The first-order valence-electron chi connectivity index (χ1n) is 12.4. The average molecular weight is 503 g/mol. The van der Waals surface area contributed by atoms with Crippen molar-refractivity contribution in [2.75, 3.05) is 39.6 Å². The van der Waals surface area contributed by atoms with Gasteiger partial charge in [-0.05, 0) is 63.1 Å². The Balaban J connectivity index is 2.55. The maximum atomic E-state index is 6.39. The maximum Gasteiger partial charge on any atom is 0.538 e. The van der Waals surface area contributed by atoms with Crippen LogP contribution in [0.25, 0.3) is 21.5 Å². The van der Waals surface area contributed by atoms with Gasteiger partial charge in [-0.1, -0.05) is 48.5 Å². The minimum atomic E-state index is -3.25. The summed E-state index contributed by atoms with van der Waals surface area (Å²) in [7, 11) is -6.49. The summed E-state index contributed by atoms with van der Waals surface area (Å²) in [6, 6.07) is 16.6. The van der Waals surface area contributed by atoms with Crippen LogP contribution in [-0.4, -0.2) is 57.3 Å². The van der Waals surface area contributed by atoms with Gasteiger partial charge < -0.3 is 26.6 Å². The van der Waals surface area contributed by atoms with E-state index in [0.29, 0.717) is 39.6 Å². The van der Waals surface area contributed by atoms with E-state index in [2.05, 4.69) is 24.3 Å². The van der Waals surface area contributed by atoms with Crippen LogP contribution in [0.1, 0.15) is 41.5 Å². The zero-order valence-corrected chi connectivity index (χ0v) is 23.3. The molecule has 0 saturated heterocycles. The van der Waals surface area contributed by atoms with E-state index in [4.69, 9.17) is 26.6 Å². The quantitative estimate of drug-likeness (QED) is 0.239. The molecule has 186 valence electrons. The van der Waals surface area contributed by atoms with Gasteiger partial charge in [-0.25, -0.2) is 0 Å². The van der Waals surface area contributed by atoms with E-state index in [0.717, 1.165) is 31.9 Å². The van der Waals surface area contributed by atoms with Crippen molar-refractivity contribution < 1.29 is 26.6 Å². The molecule has 0 aliphatic rings. The summed E-state index contributed by atoms with van der Waals surface area (Å²) in [5.74, 6) is 0. The molecular weight excluding hydrogens is 464 g/mol. The number of benzene rings is 3. The molecule has 3 rings (SSSR count). The zero-order valence-electron chi connectivity index (χ0n) is 21.3. The van der Waals surface area contributed by atoms with Crippen LogP contribution in [0.4, 0.5) is 0 Å². The molecule has 0 bridgehead atoms. The highest BCUT2D eigenvalue weighted by Gasteiger charge is 2.50. The monoisotopic (exact) mass is 502 g/mol. The van der Waals surface area contributed by atoms with Crippen molar-refractivity contribution in [3.63, 3.8) is 0 Å². The molecule has 0 radical (unpaired) electrons. The van der Waals surface area contributed by atoms with Crippen LogP contribution < -0.4 is 10.4 Å². The summed E-state index contributed by atoms with van der Waals surface area (Å²) in [5.41, 5.74) is 0.